The number of esters is 1. The number of pyridine rings is 1. The van der Waals surface area contributed by atoms with Crippen LogP contribution >= 0.6 is 0 Å². The Balaban J connectivity index is 1.47. The molecule has 6 heteroatoms. The number of hydrogen-bond acceptors (Lipinski definition) is 6. The number of benzene rings is 1. The minimum Gasteiger partial charge on any atom is -0.455 e. The third-order valence-electron chi connectivity index (χ3n) is 7.05. The zero-order valence-corrected chi connectivity index (χ0v) is 18.2. The second-order valence-electron chi connectivity index (χ2n) is 8.95. The number of rotatable bonds is 6. The van der Waals surface area contributed by atoms with E-state index in [1.165, 1.54) is 12.8 Å². The van der Waals surface area contributed by atoms with E-state index in [-0.39, 0.29) is 24.5 Å². The molecule has 1 aromatic carbocycles. The molecule has 6 nitrogen and oxygen atoms in total. The number of para-hydroxylation sites is 1. The van der Waals surface area contributed by atoms with Gasteiger partial charge in [-0.15, -0.1) is 0 Å². The molecule has 0 saturated carbocycles. The summed E-state index contributed by atoms with van der Waals surface area (Å²) in [4.78, 5) is 20.0. The largest absolute Gasteiger partial charge is 0.455 e. The van der Waals surface area contributed by atoms with E-state index in [9.17, 15) is 4.79 Å². The number of piperidine rings is 3. The molecule has 0 amide bonds. The lowest BCUT2D eigenvalue weighted by atomic mass is 9.72. The van der Waals surface area contributed by atoms with E-state index in [0.29, 0.717) is 11.7 Å². The van der Waals surface area contributed by atoms with Crippen LogP contribution in [0, 0.1) is 18.8 Å². The Morgan fingerprint density at radius 2 is 2.19 bits per heavy atom. The topological polar surface area (TPSA) is 68.5 Å². The molecule has 3 aliphatic heterocycles. The Labute approximate surface area is 182 Å². The second-order valence-corrected chi connectivity index (χ2v) is 8.95. The molecule has 31 heavy (non-hydrogen) atoms. The van der Waals surface area contributed by atoms with Gasteiger partial charge in [0.2, 0.25) is 0 Å². The number of nitrogens with zero attached hydrogens (tertiary/aromatic N) is 3. The van der Waals surface area contributed by atoms with Crippen LogP contribution in [-0.4, -0.2) is 40.1 Å². The highest BCUT2D eigenvalue weighted by Gasteiger charge is 2.44. The van der Waals surface area contributed by atoms with Crippen molar-refractivity contribution in [2.45, 2.75) is 51.7 Å². The van der Waals surface area contributed by atoms with Crippen LogP contribution in [0.25, 0.3) is 10.9 Å². The summed E-state index contributed by atoms with van der Waals surface area (Å²) in [7, 11) is 0. The first kappa shape index (κ1) is 20.2. The van der Waals surface area contributed by atoms with Crippen molar-refractivity contribution in [3.8, 4) is 0 Å². The van der Waals surface area contributed by atoms with E-state index in [1.54, 1.807) is 6.07 Å². The van der Waals surface area contributed by atoms with Crippen LogP contribution in [-0.2, 0) is 16.0 Å². The van der Waals surface area contributed by atoms with Gasteiger partial charge >= 0.3 is 5.97 Å². The van der Waals surface area contributed by atoms with Gasteiger partial charge in [-0.05, 0) is 50.3 Å². The minimum absolute atomic E-state index is 0.0914. The van der Waals surface area contributed by atoms with E-state index in [2.05, 4.69) is 28.0 Å². The van der Waals surface area contributed by atoms with E-state index in [4.69, 9.17) is 9.26 Å². The smallest absolute Gasteiger partial charge is 0.314 e. The Morgan fingerprint density at radius 3 is 2.94 bits per heavy atom. The third-order valence-corrected chi connectivity index (χ3v) is 7.05. The summed E-state index contributed by atoms with van der Waals surface area (Å²) >= 11 is 0. The average Bonchev–Trinajstić information content (AvgIpc) is 3.21. The number of hydrogen-bond donors (Lipinski definition) is 0. The van der Waals surface area contributed by atoms with Crippen molar-refractivity contribution in [2.24, 2.45) is 11.8 Å². The minimum atomic E-state index is -0.329. The highest BCUT2D eigenvalue weighted by atomic mass is 16.5. The van der Waals surface area contributed by atoms with Crippen molar-refractivity contribution in [2.75, 3.05) is 13.1 Å². The summed E-state index contributed by atoms with van der Waals surface area (Å²) in [5.74, 6) is 1.70. The number of aromatic nitrogens is 2. The van der Waals surface area contributed by atoms with Gasteiger partial charge in [0.15, 0.2) is 0 Å². The van der Waals surface area contributed by atoms with E-state index in [0.717, 1.165) is 47.6 Å². The number of aryl methyl sites for hydroxylation is 1. The molecule has 6 rings (SSSR count). The van der Waals surface area contributed by atoms with Crippen LogP contribution in [0.15, 0.2) is 47.1 Å². The zero-order valence-electron chi connectivity index (χ0n) is 18.2. The van der Waals surface area contributed by atoms with Crippen molar-refractivity contribution in [1.82, 2.24) is 15.0 Å². The Morgan fingerprint density at radius 1 is 1.32 bits per heavy atom. The van der Waals surface area contributed by atoms with Crippen molar-refractivity contribution in [1.29, 1.82) is 0 Å². The molecular weight excluding hydrogens is 390 g/mol. The molecule has 0 aliphatic carbocycles. The van der Waals surface area contributed by atoms with Gasteiger partial charge in [0.1, 0.15) is 18.3 Å². The van der Waals surface area contributed by atoms with Crippen molar-refractivity contribution < 1.29 is 14.1 Å². The molecule has 2 bridgehead atoms. The maximum absolute atomic E-state index is 13.0. The monoisotopic (exact) mass is 419 g/mol. The van der Waals surface area contributed by atoms with Gasteiger partial charge in [-0.3, -0.25) is 14.7 Å². The first-order valence-electron chi connectivity index (χ1n) is 11.3. The third kappa shape index (κ3) is 3.97. The lowest BCUT2D eigenvalue weighted by Gasteiger charge is -2.51. The summed E-state index contributed by atoms with van der Waals surface area (Å²) < 4.78 is 11.5. The number of carbonyl (C=O) groups excluding carboxylic acids is 1. The molecule has 162 valence electrons. The summed E-state index contributed by atoms with van der Waals surface area (Å²) in [6, 6.07) is 12.1. The molecule has 5 atom stereocenters. The SMILES string of the molecule is CC[C@H]1CN2CC[C@@H]1C[C@H]2[C@H](OC(=O)Cc1cc(C)no1)c1ccnc2ccccc12. The Hall–Kier alpha value is -2.73. The number of ether oxygens (including phenoxy) is 1. The van der Waals surface area contributed by atoms with Crippen LogP contribution < -0.4 is 0 Å². The highest BCUT2D eigenvalue weighted by molar-refractivity contribution is 5.83. The predicted octanol–water partition coefficient (Wildman–Crippen LogP) is 4.48. The van der Waals surface area contributed by atoms with E-state index in [1.807, 2.05) is 37.4 Å². The van der Waals surface area contributed by atoms with Crippen molar-refractivity contribution in [3.63, 3.8) is 0 Å². The van der Waals surface area contributed by atoms with Gasteiger partial charge in [-0.25, -0.2) is 0 Å². The fourth-order valence-corrected chi connectivity index (χ4v) is 5.50. The van der Waals surface area contributed by atoms with Crippen molar-refractivity contribution in [3.05, 3.63) is 59.6 Å². The lowest BCUT2D eigenvalue weighted by molar-refractivity contribution is -0.157. The lowest BCUT2D eigenvalue weighted by Crippen LogP contribution is -2.55. The molecule has 2 aromatic heterocycles. The molecule has 3 saturated heterocycles. The maximum atomic E-state index is 13.0. The highest BCUT2D eigenvalue weighted by Crippen LogP contribution is 2.44. The second kappa shape index (κ2) is 8.42. The average molecular weight is 420 g/mol. The van der Waals surface area contributed by atoms with Crippen LogP contribution in [0.1, 0.15) is 49.3 Å². The van der Waals surface area contributed by atoms with Gasteiger partial charge < -0.3 is 9.26 Å². The quantitative estimate of drug-likeness (QED) is 0.549. The summed E-state index contributed by atoms with van der Waals surface area (Å²) in [6.07, 6.45) is 5.10. The van der Waals surface area contributed by atoms with E-state index < -0.39 is 0 Å². The number of carbonyl (C=O) groups is 1. The Bertz CT molecular complexity index is 1070. The van der Waals surface area contributed by atoms with Crippen LogP contribution in [0.2, 0.25) is 0 Å². The fraction of sp³-hybridized carbons (Fsp3) is 0.480. The number of fused-ring (bicyclic) bond motifs is 4. The molecule has 5 heterocycles. The first-order chi connectivity index (χ1) is 15.1. The standard InChI is InChI=1S/C25H29N3O3/c1-3-17-15-28-11-9-18(17)13-23(28)25(30-24(29)14-19-12-16(2)27-31-19)21-8-10-26-22-7-5-4-6-20(21)22/h4-8,10,12,17-18,23,25H,3,9,11,13-15H2,1-2H3/t17-,18+,23-,25+/m0/s1. The van der Waals surface area contributed by atoms with Gasteiger partial charge in [-0.2, -0.15) is 0 Å². The van der Waals surface area contributed by atoms with Gasteiger partial charge in [0.25, 0.3) is 0 Å². The molecular formula is C25H29N3O3. The molecule has 0 radical (unpaired) electrons. The van der Waals surface area contributed by atoms with Crippen molar-refractivity contribution >= 4 is 16.9 Å². The molecule has 1 unspecified atom stereocenters. The van der Waals surface area contributed by atoms with E-state index >= 15 is 0 Å². The normalized spacial score (nSPS) is 26.1. The van der Waals surface area contributed by atoms with Gasteiger partial charge in [0.05, 0.1) is 17.3 Å². The van der Waals surface area contributed by atoms with Gasteiger partial charge in [-0.1, -0.05) is 36.7 Å². The summed E-state index contributed by atoms with van der Waals surface area (Å²) in [5.41, 5.74) is 2.73. The Kier molecular flexibility index (Phi) is 5.48. The molecule has 3 aromatic rings. The maximum Gasteiger partial charge on any atom is 0.314 e. The molecule has 3 fully saturated rings. The van der Waals surface area contributed by atoms with Crippen LogP contribution in [0.5, 0.6) is 0 Å². The first-order valence-corrected chi connectivity index (χ1v) is 11.3. The summed E-state index contributed by atoms with van der Waals surface area (Å²) in [6.45, 7) is 6.30. The molecule has 0 N–H and O–H groups in total. The molecule has 3 aliphatic rings. The van der Waals surface area contributed by atoms with Crippen LogP contribution in [0.4, 0.5) is 0 Å². The fourth-order valence-electron chi connectivity index (χ4n) is 5.50. The van der Waals surface area contributed by atoms with Gasteiger partial charge in [0, 0.05) is 29.8 Å². The van der Waals surface area contributed by atoms with Crippen LogP contribution in [0.3, 0.4) is 0 Å². The predicted molar refractivity (Wildman–Crippen MR) is 117 cm³/mol. The zero-order chi connectivity index (χ0) is 21.4. The summed E-state index contributed by atoms with van der Waals surface area (Å²) in [5, 5.41) is 4.94. The molecule has 0 spiro atoms.